The van der Waals surface area contributed by atoms with Crippen molar-refractivity contribution in [1.29, 1.82) is 5.26 Å². The molecule has 52 heavy (non-hydrogen) atoms. The van der Waals surface area contributed by atoms with E-state index in [1.165, 1.54) is 45.5 Å². The van der Waals surface area contributed by atoms with Crippen LogP contribution in [0.4, 0.5) is 4.39 Å². The Labute approximate surface area is 335 Å². The average Bonchev–Trinajstić information content (AvgIpc) is 3.54. The Morgan fingerprint density at radius 1 is 0.981 bits per heavy atom. The monoisotopic (exact) mass is 935 g/mol. The Balaban J connectivity index is 0.000000327. The smallest absolute Gasteiger partial charge is 3.00 e. The Kier molecular flexibility index (Phi) is 8.49. The SMILES string of the molecule is [2H]c1cc(C([2H])([2H])C(C)(C)C)cc(C([2H])([2H])[2H])c1-c1c[n+](-c2[c-]ccc3c2oc2cc(C#N)ccc23)[c-]cc1C([2H])([2H])[2H].[CH3][Ge]([CH3])([CH3])[c]1ccc(-c2[c-]cc(F)cc2)nc1.[Ir+3]. The van der Waals surface area contributed by atoms with Crippen molar-refractivity contribution < 1.29 is 45.8 Å². The number of hydrogen-bond donors (Lipinski definition) is 0. The van der Waals surface area contributed by atoms with Crippen LogP contribution in [0.25, 0.3) is 50.0 Å². The summed E-state index contributed by atoms with van der Waals surface area (Å²) >= 11 is -1.79. The molecule has 0 saturated carbocycles. The van der Waals surface area contributed by atoms with E-state index in [1.54, 1.807) is 57.2 Å². The van der Waals surface area contributed by atoms with Crippen molar-refractivity contribution in [2.24, 2.45) is 5.41 Å². The van der Waals surface area contributed by atoms with Crippen LogP contribution < -0.4 is 8.96 Å². The summed E-state index contributed by atoms with van der Waals surface area (Å²) in [6.07, 6.45) is 4.26. The van der Waals surface area contributed by atoms with E-state index < -0.39 is 38.8 Å². The van der Waals surface area contributed by atoms with E-state index >= 15 is 0 Å². The Morgan fingerprint density at radius 3 is 2.44 bits per heavy atom. The molecule has 4 aromatic carbocycles. The normalized spacial score (nSPS) is 14.8. The molecule has 0 aliphatic heterocycles. The summed E-state index contributed by atoms with van der Waals surface area (Å²) in [5.41, 5.74) is 1.68. The first-order chi connectivity index (χ1) is 27.8. The van der Waals surface area contributed by atoms with E-state index in [0.29, 0.717) is 27.8 Å². The number of fused-ring (bicyclic) bond motifs is 3. The number of aryl methyl sites for hydroxylation is 2. The van der Waals surface area contributed by atoms with Gasteiger partial charge in [-0.2, -0.15) is 23.5 Å². The van der Waals surface area contributed by atoms with Crippen molar-refractivity contribution in [3.8, 4) is 34.1 Å². The molecule has 0 fully saturated rings. The summed E-state index contributed by atoms with van der Waals surface area (Å²) in [6.45, 7) is -0.449. The van der Waals surface area contributed by atoms with Gasteiger partial charge >= 0.3 is 124 Å². The predicted molar refractivity (Wildman–Crippen MR) is 207 cm³/mol. The van der Waals surface area contributed by atoms with Gasteiger partial charge in [-0.15, -0.1) is 5.56 Å². The number of rotatable bonds is 5. The first-order valence-electron chi connectivity index (χ1n) is 20.9. The molecular formula is C45H42FGeIrN3O+. The third-order valence-electron chi connectivity index (χ3n) is 8.09. The summed E-state index contributed by atoms with van der Waals surface area (Å²) in [5, 5.41) is 10.8. The summed E-state index contributed by atoms with van der Waals surface area (Å²) < 4.78 is 97.4. The van der Waals surface area contributed by atoms with Gasteiger partial charge in [0, 0.05) is 21.9 Å². The molecule has 0 amide bonds. The fraction of sp³-hybridized carbons (Fsp3) is 0.222. The second kappa shape index (κ2) is 15.7. The van der Waals surface area contributed by atoms with Crippen molar-refractivity contribution in [1.82, 2.24) is 4.98 Å². The molecule has 3 aromatic heterocycles. The number of nitrogens with zero attached hydrogens (tertiary/aromatic N) is 3. The maximum absolute atomic E-state index is 12.8. The molecule has 0 bridgehead atoms. The number of furan rings is 1. The second-order valence-electron chi connectivity index (χ2n) is 14.2. The van der Waals surface area contributed by atoms with Crippen molar-refractivity contribution >= 4 is 39.6 Å². The zero-order valence-corrected chi connectivity index (χ0v) is 34.1. The van der Waals surface area contributed by atoms with Gasteiger partial charge in [0.2, 0.25) is 0 Å². The average molecular weight is 934 g/mol. The molecule has 0 atom stereocenters. The zero-order chi connectivity index (χ0) is 44.2. The number of nitriles is 1. The van der Waals surface area contributed by atoms with Crippen LogP contribution in [0.3, 0.4) is 0 Å². The molecule has 7 aromatic rings. The minimum atomic E-state index is -2.80. The van der Waals surface area contributed by atoms with Gasteiger partial charge < -0.3 is 8.98 Å². The molecular weight excluding hydrogens is 882 g/mol. The van der Waals surface area contributed by atoms with Crippen molar-refractivity contribution in [2.75, 3.05) is 0 Å². The Morgan fingerprint density at radius 2 is 1.79 bits per heavy atom. The minimum Gasteiger partial charge on any atom is 3.00 e. The molecule has 0 saturated heterocycles. The summed E-state index contributed by atoms with van der Waals surface area (Å²) in [7, 11) is 0. The van der Waals surface area contributed by atoms with Crippen LogP contribution in [-0.2, 0) is 26.5 Å². The van der Waals surface area contributed by atoms with Crippen LogP contribution in [0.1, 0.15) is 55.4 Å². The summed E-state index contributed by atoms with van der Waals surface area (Å²) in [6, 6.07) is 28.6. The number of pyridine rings is 2. The predicted octanol–water partition coefficient (Wildman–Crippen LogP) is 10.4. The first kappa shape index (κ1) is 28.1. The van der Waals surface area contributed by atoms with Gasteiger partial charge in [0.05, 0.1) is 24.9 Å². The minimum absolute atomic E-state index is 0. The number of halogens is 1. The molecule has 4 nitrogen and oxygen atoms in total. The Bertz CT molecular complexity index is 2770. The largest absolute Gasteiger partial charge is 3.00 e. The van der Waals surface area contributed by atoms with E-state index in [1.807, 2.05) is 12.3 Å². The fourth-order valence-corrected chi connectivity index (χ4v) is 7.71. The van der Waals surface area contributed by atoms with Gasteiger partial charge in [0.15, 0.2) is 6.20 Å². The number of benzene rings is 4. The topological polar surface area (TPSA) is 53.7 Å². The summed E-state index contributed by atoms with van der Waals surface area (Å²) in [4.78, 5) is 4.44. The van der Waals surface area contributed by atoms with Gasteiger partial charge in [-0.3, -0.25) is 0 Å². The van der Waals surface area contributed by atoms with Gasteiger partial charge in [-0.05, 0) is 53.0 Å². The van der Waals surface area contributed by atoms with Crippen molar-refractivity contribution in [3.63, 3.8) is 0 Å². The van der Waals surface area contributed by atoms with Crippen LogP contribution in [0.5, 0.6) is 0 Å². The number of aromatic nitrogens is 2. The molecule has 0 N–H and O–H groups in total. The molecule has 0 unspecified atom stereocenters. The zero-order valence-electron chi connectivity index (χ0n) is 38.6. The van der Waals surface area contributed by atoms with E-state index in [2.05, 4.69) is 52.7 Å². The van der Waals surface area contributed by atoms with Crippen LogP contribution >= 0.6 is 0 Å². The van der Waals surface area contributed by atoms with Crippen molar-refractivity contribution in [3.05, 3.63) is 144 Å². The van der Waals surface area contributed by atoms with Crippen LogP contribution in [0.2, 0.25) is 17.3 Å². The fourth-order valence-electron chi connectivity index (χ4n) is 5.54. The molecule has 0 radical (unpaired) electrons. The van der Waals surface area contributed by atoms with Gasteiger partial charge in [0.1, 0.15) is 5.58 Å². The molecule has 0 aliphatic carbocycles. The van der Waals surface area contributed by atoms with E-state index in [-0.39, 0.29) is 59.8 Å². The molecule has 0 spiro atoms. The quantitative estimate of drug-likeness (QED) is 0.0982. The van der Waals surface area contributed by atoms with Gasteiger partial charge in [-0.1, -0.05) is 63.3 Å². The van der Waals surface area contributed by atoms with Gasteiger partial charge in [-0.25, -0.2) is 0 Å². The van der Waals surface area contributed by atoms with E-state index in [0.717, 1.165) is 16.6 Å². The molecule has 7 rings (SSSR count). The van der Waals surface area contributed by atoms with E-state index in [9.17, 15) is 9.65 Å². The maximum atomic E-state index is 12.8. The molecule has 262 valence electrons. The first-order valence-corrected chi connectivity index (χ1v) is 23.7. The second-order valence-corrected chi connectivity index (χ2v) is 24.9. The van der Waals surface area contributed by atoms with Crippen LogP contribution in [0, 0.1) is 54.6 Å². The third-order valence-corrected chi connectivity index (χ3v) is 12.3. The standard InChI is InChI=1S/C31H27N2O.C14H15FGeN.Ir/c1-20-13-14-33(19-27(20)24-11-9-22(15-21(24)2)17-31(3,4)5)28-8-6-7-26-25-12-10-23(18-32)16-29(25)34-30(26)28;1-16(2,3)13-8-9-14(17-10-13)11-4-6-12(15)7-5-11;/h6-7,9-13,15-16,19H,17H2,1-5H3;4,6-10H,1-3H3;/q2*-1;+3/i1D3,2D3,11D,17D2;;. The molecule has 0 aliphatic rings. The van der Waals surface area contributed by atoms with E-state index in [4.69, 9.17) is 16.8 Å². The third kappa shape index (κ3) is 8.78. The van der Waals surface area contributed by atoms with Crippen LogP contribution in [0.15, 0.2) is 102 Å². The van der Waals surface area contributed by atoms with Crippen LogP contribution in [-0.4, -0.2) is 18.3 Å². The molecule has 7 heteroatoms. The number of hydrogen-bond acceptors (Lipinski definition) is 3. The summed E-state index contributed by atoms with van der Waals surface area (Å²) in [5.74, 6) is 6.73. The Hall–Kier alpha value is -4.41. The van der Waals surface area contributed by atoms with Crippen molar-refractivity contribution in [2.45, 2.75) is 58.1 Å². The maximum Gasteiger partial charge on any atom is 3.00 e. The van der Waals surface area contributed by atoms with Gasteiger partial charge in [0.25, 0.3) is 0 Å². The molecule has 3 heterocycles.